The van der Waals surface area contributed by atoms with Gasteiger partial charge in [0.05, 0.1) is 17.7 Å². The predicted molar refractivity (Wildman–Crippen MR) is 125 cm³/mol. The number of hydrogen-bond acceptors (Lipinski definition) is 6. The molecule has 4 rings (SSSR count). The molecule has 0 fully saturated rings. The molecule has 1 N–H and O–H groups in total. The first-order valence-corrected chi connectivity index (χ1v) is 11.1. The van der Waals surface area contributed by atoms with Gasteiger partial charge in [-0.1, -0.05) is 72.7 Å². The SMILES string of the molecule is CCCc1nc(C(NCc2cccc(OCc3ccccc3C#N)c2)c2ccccc2)no1. The highest BCUT2D eigenvalue weighted by Gasteiger charge is 2.20. The normalized spacial score (nSPS) is 11.6. The number of nitrogens with one attached hydrogen (secondary N) is 1. The van der Waals surface area contributed by atoms with Crippen LogP contribution in [0.15, 0.2) is 83.4 Å². The van der Waals surface area contributed by atoms with Crippen LogP contribution in [-0.2, 0) is 19.6 Å². The van der Waals surface area contributed by atoms with Gasteiger partial charge in [-0.25, -0.2) is 0 Å². The molecule has 0 aliphatic rings. The van der Waals surface area contributed by atoms with E-state index < -0.39 is 0 Å². The zero-order valence-corrected chi connectivity index (χ0v) is 18.6. The minimum atomic E-state index is -0.187. The van der Waals surface area contributed by atoms with Crippen LogP contribution >= 0.6 is 0 Å². The summed E-state index contributed by atoms with van der Waals surface area (Å²) >= 11 is 0. The third-order valence-electron chi connectivity index (χ3n) is 5.28. The lowest BCUT2D eigenvalue weighted by molar-refractivity contribution is 0.305. The summed E-state index contributed by atoms with van der Waals surface area (Å²) in [5.41, 5.74) is 3.64. The maximum atomic E-state index is 9.27. The van der Waals surface area contributed by atoms with Crippen molar-refractivity contribution in [2.24, 2.45) is 0 Å². The smallest absolute Gasteiger partial charge is 0.226 e. The van der Waals surface area contributed by atoms with Crippen molar-refractivity contribution >= 4 is 0 Å². The molecule has 0 saturated heterocycles. The number of ether oxygens (including phenoxy) is 1. The molecule has 1 unspecified atom stereocenters. The molecule has 4 aromatic rings. The molecule has 0 saturated carbocycles. The van der Waals surface area contributed by atoms with Gasteiger partial charge in [0.25, 0.3) is 0 Å². The zero-order chi connectivity index (χ0) is 22.9. The summed E-state index contributed by atoms with van der Waals surface area (Å²) in [6.07, 6.45) is 1.72. The topological polar surface area (TPSA) is 84.0 Å². The summed E-state index contributed by atoms with van der Waals surface area (Å²) in [6.45, 7) is 3.03. The molecule has 33 heavy (non-hydrogen) atoms. The van der Waals surface area contributed by atoms with Crippen LogP contribution in [0.25, 0.3) is 0 Å². The van der Waals surface area contributed by atoms with Crippen LogP contribution in [0.1, 0.15) is 53.4 Å². The fraction of sp³-hybridized carbons (Fsp3) is 0.222. The van der Waals surface area contributed by atoms with E-state index in [4.69, 9.17) is 9.26 Å². The largest absolute Gasteiger partial charge is 0.489 e. The molecule has 1 heterocycles. The Balaban J connectivity index is 1.46. The van der Waals surface area contributed by atoms with Gasteiger partial charge in [0.2, 0.25) is 5.89 Å². The van der Waals surface area contributed by atoms with Crippen LogP contribution in [0.5, 0.6) is 5.75 Å². The Kier molecular flexibility index (Phi) is 7.47. The third-order valence-corrected chi connectivity index (χ3v) is 5.28. The molecule has 0 bridgehead atoms. The molecule has 6 nitrogen and oxygen atoms in total. The second kappa shape index (κ2) is 11.1. The van der Waals surface area contributed by atoms with Gasteiger partial charge in [-0.2, -0.15) is 10.2 Å². The lowest BCUT2D eigenvalue weighted by Gasteiger charge is -2.16. The number of nitriles is 1. The van der Waals surface area contributed by atoms with E-state index in [9.17, 15) is 5.26 Å². The lowest BCUT2D eigenvalue weighted by Crippen LogP contribution is -2.23. The van der Waals surface area contributed by atoms with Gasteiger partial charge in [-0.3, -0.25) is 5.32 Å². The van der Waals surface area contributed by atoms with E-state index in [1.165, 1.54) is 0 Å². The van der Waals surface area contributed by atoms with Crippen molar-refractivity contribution in [1.29, 1.82) is 5.26 Å². The van der Waals surface area contributed by atoms with Crippen LogP contribution < -0.4 is 10.1 Å². The van der Waals surface area contributed by atoms with Gasteiger partial charge < -0.3 is 9.26 Å². The first kappa shape index (κ1) is 22.3. The average molecular weight is 439 g/mol. The molecular weight excluding hydrogens is 412 g/mol. The molecule has 0 amide bonds. The fourth-order valence-corrected chi connectivity index (χ4v) is 3.59. The summed E-state index contributed by atoms with van der Waals surface area (Å²) in [5.74, 6) is 2.04. The Hall–Kier alpha value is -3.95. The highest BCUT2D eigenvalue weighted by molar-refractivity contribution is 5.37. The fourth-order valence-electron chi connectivity index (χ4n) is 3.59. The van der Waals surface area contributed by atoms with Gasteiger partial charge >= 0.3 is 0 Å². The Morgan fingerprint density at radius 1 is 1.03 bits per heavy atom. The van der Waals surface area contributed by atoms with Crippen molar-refractivity contribution in [3.05, 3.63) is 113 Å². The molecule has 166 valence electrons. The van der Waals surface area contributed by atoms with E-state index in [1.54, 1.807) is 6.07 Å². The second-order valence-electron chi connectivity index (χ2n) is 7.73. The Morgan fingerprint density at radius 3 is 2.67 bits per heavy atom. The standard InChI is InChI=1S/C27H26N4O2/c1-2-9-25-30-27(31-33-25)26(21-11-4-3-5-12-21)29-18-20-10-8-15-24(16-20)32-19-23-14-7-6-13-22(23)17-28/h3-8,10-16,26,29H,2,9,18-19H2,1H3. The van der Waals surface area contributed by atoms with Gasteiger partial charge in [0.15, 0.2) is 5.82 Å². The van der Waals surface area contributed by atoms with Gasteiger partial charge in [0, 0.05) is 18.5 Å². The minimum Gasteiger partial charge on any atom is -0.489 e. The second-order valence-corrected chi connectivity index (χ2v) is 7.73. The molecule has 0 radical (unpaired) electrons. The summed E-state index contributed by atoms with van der Waals surface area (Å²) in [6, 6.07) is 27.5. The van der Waals surface area contributed by atoms with E-state index in [1.807, 2.05) is 60.7 Å². The van der Waals surface area contributed by atoms with E-state index in [2.05, 4.69) is 40.6 Å². The quantitative estimate of drug-likeness (QED) is 0.359. The highest BCUT2D eigenvalue weighted by atomic mass is 16.5. The average Bonchev–Trinajstić information content (AvgIpc) is 3.32. The summed E-state index contributed by atoms with van der Waals surface area (Å²) < 4.78 is 11.4. The van der Waals surface area contributed by atoms with Crippen LogP contribution in [0, 0.1) is 11.3 Å². The number of nitrogens with zero attached hydrogens (tertiary/aromatic N) is 3. The number of benzene rings is 3. The maximum Gasteiger partial charge on any atom is 0.226 e. The van der Waals surface area contributed by atoms with Gasteiger partial charge in [0.1, 0.15) is 12.4 Å². The van der Waals surface area contributed by atoms with Crippen LogP contribution in [0.2, 0.25) is 0 Å². The van der Waals surface area contributed by atoms with E-state index in [0.717, 1.165) is 35.3 Å². The highest BCUT2D eigenvalue weighted by Crippen LogP contribution is 2.22. The first-order valence-electron chi connectivity index (χ1n) is 11.1. The number of aromatic nitrogens is 2. The lowest BCUT2D eigenvalue weighted by atomic mass is 10.1. The summed E-state index contributed by atoms with van der Waals surface area (Å²) in [4.78, 5) is 4.59. The molecule has 1 atom stereocenters. The van der Waals surface area contributed by atoms with Gasteiger partial charge in [-0.05, 0) is 35.7 Å². The predicted octanol–water partition coefficient (Wildman–Crippen LogP) is 5.35. The van der Waals surface area contributed by atoms with Crippen LogP contribution in [-0.4, -0.2) is 10.1 Å². The Morgan fingerprint density at radius 2 is 1.85 bits per heavy atom. The van der Waals surface area contributed by atoms with E-state index >= 15 is 0 Å². The minimum absolute atomic E-state index is 0.187. The Bertz CT molecular complexity index is 1210. The number of aryl methyl sites for hydroxylation is 1. The molecule has 0 spiro atoms. The molecule has 0 aliphatic heterocycles. The first-order chi connectivity index (χ1) is 16.3. The van der Waals surface area contributed by atoms with Crippen molar-refractivity contribution in [1.82, 2.24) is 15.5 Å². The van der Waals surface area contributed by atoms with Crippen molar-refractivity contribution in [2.75, 3.05) is 0 Å². The van der Waals surface area contributed by atoms with Crippen molar-refractivity contribution in [2.45, 2.75) is 39.0 Å². The number of rotatable bonds is 10. The van der Waals surface area contributed by atoms with E-state index in [0.29, 0.717) is 30.4 Å². The number of hydrogen-bond donors (Lipinski definition) is 1. The molecular formula is C27H26N4O2. The summed E-state index contributed by atoms with van der Waals surface area (Å²) in [7, 11) is 0. The van der Waals surface area contributed by atoms with Crippen LogP contribution in [0.3, 0.4) is 0 Å². The molecule has 1 aromatic heterocycles. The third kappa shape index (κ3) is 5.85. The maximum absolute atomic E-state index is 9.27. The van der Waals surface area contributed by atoms with Crippen molar-refractivity contribution < 1.29 is 9.26 Å². The summed E-state index contributed by atoms with van der Waals surface area (Å²) in [5, 5.41) is 17.1. The van der Waals surface area contributed by atoms with Crippen molar-refractivity contribution in [3.63, 3.8) is 0 Å². The molecule has 6 heteroatoms. The zero-order valence-electron chi connectivity index (χ0n) is 18.6. The molecule has 3 aromatic carbocycles. The van der Waals surface area contributed by atoms with E-state index in [-0.39, 0.29) is 6.04 Å². The van der Waals surface area contributed by atoms with Crippen LogP contribution in [0.4, 0.5) is 0 Å². The van der Waals surface area contributed by atoms with Gasteiger partial charge in [-0.15, -0.1) is 0 Å². The van der Waals surface area contributed by atoms with Crippen molar-refractivity contribution in [3.8, 4) is 11.8 Å². The Labute approximate surface area is 193 Å². The molecule has 0 aliphatic carbocycles. The monoisotopic (exact) mass is 438 g/mol.